The van der Waals surface area contributed by atoms with Gasteiger partial charge < -0.3 is 5.32 Å². The van der Waals surface area contributed by atoms with Crippen LogP contribution in [0.3, 0.4) is 0 Å². The minimum absolute atomic E-state index is 0.852. The van der Waals surface area contributed by atoms with Crippen LogP contribution in [0.5, 0.6) is 0 Å². The molecule has 1 nitrogen and oxygen atoms in total. The number of quaternary nitrogens is 1. The largest absolute Gasteiger partial charge is 0.339 e. The number of rotatable bonds is 3. The van der Waals surface area contributed by atoms with Gasteiger partial charge in [0.2, 0.25) is 0 Å². The molecule has 1 aromatic rings. The Bertz CT molecular complexity index is 331. The molecule has 90 valence electrons. The van der Waals surface area contributed by atoms with E-state index in [1.807, 2.05) is 11.3 Å². The van der Waals surface area contributed by atoms with Crippen LogP contribution < -0.4 is 5.32 Å². The highest BCUT2D eigenvalue weighted by atomic mass is 32.1. The lowest BCUT2D eigenvalue weighted by molar-refractivity contribution is -0.713. The molecule has 0 bridgehead atoms. The summed E-state index contributed by atoms with van der Waals surface area (Å²) in [5, 5.41) is 4.80. The van der Waals surface area contributed by atoms with E-state index in [1.54, 1.807) is 4.88 Å². The SMILES string of the molecule is Cc1ccsc1C[NH2+][C@H]1CCC[C@@H](C)[C@@H]1C. The van der Waals surface area contributed by atoms with E-state index >= 15 is 0 Å². The van der Waals surface area contributed by atoms with Crippen molar-refractivity contribution in [2.75, 3.05) is 0 Å². The molecular weight excluding hydrogens is 214 g/mol. The highest BCUT2D eigenvalue weighted by Gasteiger charge is 2.29. The van der Waals surface area contributed by atoms with Crippen molar-refractivity contribution < 1.29 is 5.32 Å². The highest BCUT2D eigenvalue weighted by Crippen LogP contribution is 2.27. The molecule has 1 aromatic heterocycles. The summed E-state index contributed by atoms with van der Waals surface area (Å²) in [6.07, 6.45) is 4.27. The summed E-state index contributed by atoms with van der Waals surface area (Å²) in [5.41, 5.74) is 1.47. The third-order valence-electron chi connectivity index (χ3n) is 4.34. The molecule has 16 heavy (non-hydrogen) atoms. The monoisotopic (exact) mass is 238 g/mol. The van der Waals surface area contributed by atoms with Crippen LogP contribution in [0.1, 0.15) is 43.6 Å². The smallest absolute Gasteiger partial charge is 0.111 e. The van der Waals surface area contributed by atoms with Crippen LogP contribution in [0.15, 0.2) is 11.4 Å². The Kier molecular flexibility index (Phi) is 4.04. The van der Waals surface area contributed by atoms with Gasteiger partial charge in [0.1, 0.15) is 6.54 Å². The maximum atomic E-state index is 2.58. The van der Waals surface area contributed by atoms with Gasteiger partial charge in [0.05, 0.1) is 10.9 Å². The minimum atomic E-state index is 0.852. The Morgan fingerprint density at radius 3 is 2.88 bits per heavy atom. The van der Waals surface area contributed by atoms with Gasteiger partial charge >= 0.3 is 0 Å². The predicted molar refractivity (Wildman–Crippen MR) is 70.7 cm³/mol. The molecule has 0 radical (unpaired) electrons. The van der Waals surface area contributed by atoms with Crippen molar-refractivity contribution in [1.82, 2.24) is 0 Å². The van der Waals surface area contributed by atoms with Crippen LogP contribution in [0.25, 0.3) is 0 Å². The first-order valence-electron chi connectivity index (χ1n) is 6.54. The Labute approximate surface area is 103 Å². The van der Waals surface area contributed by atoms with Crippen LogP contribution in [-0.2, 0) is 6.54 Å². The predicted octanol–water partition coefficient (Wildman–Crippen LogP) is 2.94. The van der Waals surface area contributed by atoms with Crippen LogP contribution in [0.4, 0.5) is 0 Å². The lowest BCUT2D eigenvalue weighted by atomic mass is 9.78. The molecular formula is C14H24NS+. The van der Waals surface area contributed by atoms with Crippen LogP contribution >= 0.6 is 11.3 Å². The molecule has 1 heterocycles. The summed E-state index contributed by atoms with van der Waals surface area (Å²) in [6.45, 7) is 8.27. The van der Waals surface area contributed by atoms with E-state index in [2.05, 4.69) is 37.5 Å². The van der Waals surface area contributed by atoms with Crippen LogP contribution in [-0.4, -0.2) is 6.04 Å². The van der Waals surface area contributed by atoms with Gasteiger partial charge in [-0.1, -0.05) is 13.8 Å². The number of aryl methyl sites for hydroxylation is 1. The van der Waals surface area contributed by atoms with Crippen molar-refractivity contribution in [2.24, 2.45) is 11.8 Å². The van der Waals surface area contributed by atoms with Crippen molar-refractivity contribution in [3.05, 3.63) is 21.9 Å². The normalized spacial score (nSPS) is 30.6. The second kappa shape index (κ2) is 5.33. The van der Waals surface area contributed by atoms with Gasteiger partial charge in [0.15, 0.2) is 0 Å². The zero-order chi connectivity index (χ0) is 11.5. The average molecular weight is 238 g/mol. The third-order valence-corrected chi connectivity index (χ3v) is 5.39. The molecule has 1 aliphatic carbocycles. The molecule has 0 spiro atoms. The fourth-order valence-electron chi connectivity index (χ4n) is 2.83. The van der Waals surface area contributed by atoms with E-state index in [0.717, 1.165) is 17.9 Å². The molecule has 1 fully saturated rings. The van der Waals surface area contributed by atoms with Gasteiger partial charge in [-0.2, -0.15) is 0 Å². The van der Waals surface area contributed by atoms with Crippen molar-refractivity contribution >= 4 is 11.3 Å². The lowest BCUT2D eigenvalue weighted by Crippen LogP contribution is -2.90. The Hall–Kier alpha value is -0.340. The van der Waals surface area contributed by atoms with Crippen molar-refractivity contribution in [3.63, 3.8) is 0 Å². The maximum Gasteiger partial charge on any atom is 0.111 e. The summed E-state index contributed by atoms with van der Waals surface area (Å²) in [5.74, 6) is 1.80. The van der Waals surface area contributed by atoms with E-state index in [0.29, 0.717) is 0 Å². The number of hydrogen-bond acceptors (Lipinski definition) is 1. The molecule has 0 aromatic carbocycles. The molecule has 2 N–H and O–H groups in total. The summed E-state index contributed by atoms with van der Waals surface area (Å²) >= 11 is 1.91. The third kappa shape index (κ3) is 2.67. The molecule has 2 heteroatoms. The van der Waals surface area contributed by atoms with Crippen LogP contribution in [0.2, 0.25) is 0 Å². The number of nitrogens with two attached hydrogens (primary N) is 1. The number of thiophene rings is 1. The van der Waals surface area contributed by atoms with E-state index in [-0.39, 0.29) is 0 Å². The molecule has 0 unspecified atom stereocenters. The molecule has 0 saturated heterocycles. The van der Waals surface area contributed by atoms with Crippen molar-refractivity contribution in [3.8, 4) is 0 Å². The topological polar surface area (TPSA) is 16.6 Å². The fourth-order valence-corrected chi connectivity index (χ4v) is 3.71. The van der Waals surface area contributed by atoms with Crippen molar-refractivity contribution in [1.29, 1.82) is 0 Å². The Morgan fingerprint density at radius 1 is 1.38 bits per heavy atom. The quantitative estimate of drug-likeness (QED) is 0.834. The highest BCUT2D eigenvalue weighted by molar-refractivity contribution is 7.10. The lowest BCUT2D eigenvalue weighted by Gasteiger charge is -2.32. The van der Waals surface area contributed by atoms with Gasteiger partial charge in [-0.15, -0.1) is 11.3 Å². The summed E-state index contributed by atoms with van der Waals surface area (Å²) in [6, 6.07) is 3.09. The second-order valence-electron chi connectivity index (χ2n) is 5.40. The molecule has 3 atom stereocenters. The van der Waals surface area contributed by atoms with E-state index in [1.165, 1.54) is 31.4 Å². The maximum absolute atomic E-state index is 2.58. The zero-order valence-corrected chi connectivity index (χ0v) is 11.5. The van der Waals surface area contributed by atoms with Gasteiger partial charge in [-0.25, -0.2) is 0 Å². The van der Waals surface area contributed by atoms with E-state index < -0.39 is 0 Å². The first-order chi connectivity index (χ1) is 7.68. The van der Waals surface area contributed by atoms with Gasteiger partial charge in [0, 0.05) is 5.92 Å². The summed E-state index contributed by atoms with van der Waals surface area (Å²) in [4.78, 5) is 1.56. The number of hydrogen-bond donors (Lipinski definition) is 1. The van der Waals surface area contributed by atoms with E-state index in [9.17, 15) is 0 Å². The van der Waals surface area contributed by atoms with Gasteiger partial charge in [0.25, 0.3) is 0 Å². The molecule has 1 aliphatic rings. The molecule has 0 amide bonds. The summed E-state index contributed by atoms with van der Waals surface area (Å²) < 4.78 is 0. The molecule has 2 rings (SSSR count). The first-order valence-corrected chi connectivity index (χ1v) is 7.42. The zero-order valence-electron chi connectivity index (χ0n) is 10.7. The Balaban J connectivity index is 1.88. The van der Waals surface area contributed by atoms with Gasteiger partial charge in [-0.05, 0) is 49.1 Å². The summed E-state index contributed by atoms with van der Waals surface area (Å²) in [7, 11) is 0. The fraction of sp³-hybridized carbons (Fsp3) is 0.714. The minimum Gasteiger partial charge on any atom is -0.339 e. The average Bonchev–Trinajstić information content (AvgIpc) is 2.67. The van der Waals surface area contributed by atoms with Crippen LogP contribution in [0, 0.1) is 18.8 Å². The van der Waals surface area contributed by atoms with Gasteiger partial charge in [-0.3, -0.25) is 0 Å². The van der Waals surface area contributed by atoms with Crippen molar-refractivity contribution in [2.45, 2.75) is 52.6 Å². The standard InChI is InChI=1S/C14H23NS/c1-10-5-4-6-13(12(10)3)15-9-14-11(2)7-8-16-14/h7-8,10,12-13,15H,4-6,9H2,1-3H3/p+1/t10-,12+,13+/m1/s1. The second-order valence-corrected chi connectivity index (χ2v) is 6.40. The molecule has 0 aliphatic heterocycles. The molecule has 1 saturated carbocycles. The van der Waals surface area contributed by atoms with E-state index in [4.69, 9.17) is 0 Å². The Morgan fingerprint density at radius 2 is 2.19 bits per heavy atom. The first kappa shape index (κ1) is 12.1.